The van der Waals surface area contributed by atoms with E-state index in [-0.39, 0.29) is 1.43 Å². The zero-order chi connectivity index (χ0) is 7.68. The Labute approximate surface area is 68.5 Å². The van der Waals surface area contributed by atoms with Crippen molar-refractivity contribution >= 4 is 0 Å². The number of H-pyrrole nitrogens is 1. The van der Waals surface area contributed by atoms with Crippen LogP contribution in [0.5, 0.6) is 0 Å². The zero-order valence-corrected chi connectivity index (χ0v) is 6.93. The molecule has 1 aromatic rings. The number of aromatic nitrogens is 2. The summed E-state index contributed by atoms with van der Waals surface area (Å²) in [6.07, 6.45) is 6.85. The molecule has 1 unspecified atom stereocenters. The number of aryl methyl sites for hydroxylation is 1. The molecule has 11 heavy (non-hydrogen) atoms. The molecule has 62 valence electrons. The molecule has 2 rings (SSSR count). The van der Waals surface area contributed by atoms with Crippen LogP contribution in [0.25, 0.3) is 0 Å². The molecule has 0 bridgehead atoms. The van der Waals surface area contributed by atoms with E-state index in [1.165, 1.54) is 37.1 Å². The third-order valence-electron chi connectivity index (χ3n) is 2.67. The summed E-state index contributed by atoms with van der Waals surface area (Å²) in [5.41, 5.74) is 2.68. The Kier molecular flexibility index (Phi) is 1.68. The van der Waals surface area contributed by atoms with E-state index in [4.69, 9.17) is 0 Å². The fourth-order valence-electron chi connectivity index (χ4n) is 1.82. The first-order valence-electron chi connectivity index (χ1n) is 4.41. The Morgan fingerprint density at radius 1 is 1.82 bits per heavy atom. The van der Waals surface area contributed by atoms with Gasteiger partial charge in [-0.2, -0.15) is 0 Å². The van der Waals surface area contributed by atoms with Crippen LogP contribution in [0.2, 0.25) is 0 Å². The highest BCUT2D eigenvalue weighted by atomic mass is 14.9. The molecular formula is C9H16N2. The van der Waals surface area contributed by atoms with Gasteiger partial charge in [0.25, 0.3) is 0 Å². The number of nitrogens with zero attached hydrogens (tertiary/aromatic N) is 1. The third kappa shape index (κ3) is 1.17. The fourth-order valence-corrected chi connectivity index (χ4v) is 1.82. The van der Waals surface area contributed by atoms with Gasteiger partial charge in [0.05, 0.1) is 12.0 Å². The molecule has 0 spiro atoms. The predicted molar refractivity (Wildman–Crippen MR) is 46.5 cm³/mol. The van der Waals surface area contributed by atoms with E-state index in [0.29, 0.717) is 0 Å². The number of hydrogen-bond acceptors (Lipinski definition) is 1. The molecule has 2 heteroatoms. The van der Waals surface area contributed by atoms with Gasteiger partial charge in [-0.3, -0.25) is 0 Å². The number of fused-ring (bicyclic) bond motifs is 1. The highest BCUT2D eigenvalue weighted by Gasteiger charge is 2.18. The second kappa shape index (κ2) is 2.68. The van der Waals surface area contributed by atoms with Crippen molar-refractivity contribution in [3.8, 4) is 0 Å². The highest BCUT2D eigenvalue weighted by molar-refractivity contribution is 5.15. The van der Waals surface area contributed by atoms with Gasteiger partial charge in [0.1, 0.15) is 0 Å². The molecule has 0 amide bonds. The third-order valence-corrected chi connectivity index (χ3v) is 2.67. The molecule has 1 aliphatic rings. The summed E-state index contributed by atoms with van der Waals surface area (Å²) in [4.78, 5) is 7.48. The van der Waals surface area contributed by atoms with Crippen LogP contribution in [0, 0.1) is 5.92 Å². The largest absolute Gasteiger partial charge is 0.348 e. The first-order chi connectivity index (χ1) is 5.40. The molecule has 1 heterocycles. The van der Waals surface area contributed by atoms with E-state index in [1.54, 1.807) is 0 Å². The lowest BCUT2D eigenvalue weighted by Crippen LogP contribution is -2.12. The summed E-state index contributed by atoms with van der Waals surface area (Å²) in [6.45, 7) is 2.27. The highest BCUT2D eigenvalue weighted by Crippen LogP contribution is 2.24. The number of nitrogens with one attached hydrogen (secondary N) is 1. The Morgan fingerprint density at radius 3 is 3.55 bits per heavy atom. The minimum absolute atomic E-state index is 0. The summed E-state index contributed by atoms with van der Waals surface area (Å²) in [5.74, 6) is 0.892. The lowest BCUT2D eigenvalue weighted by Gasteiger charge is -2.19. The van der Waals surface area contributed by atoms with Gasteiger partial charge < -0.3 is 4.98 Å². The average molecular weight is 152 g/mol. The van der Waals surface area contributed by atoms with Crippen molar-refractivity contribution in [2.24, 2.45) is 5.92 Å². The second-order valence-electron chi connectivity index (χ2n) is 3.34. The summed E-state index contributed by atoms with van der Waals surface area (Å²) >= 11 is 0. The van der Waals surface area contributed by atoms with Gasteiger partial charge in [0.2, 0.25) is 0 Å². The average Bonchev–Trinajstić information content (AvgIpc) is 2.50. The van der Waals surface area contributed by atoms with E-state index < -0.39 is 0 Å². The number of imidazole rings is 1. The van der Waals surface area contributed by atoms with Crippen molar-refractivity contribution in [2.45, 2.75) is 32.6 Å². The Hall–Kier alpha value is -0.790. The first kappa shape index (κ1) is 6.89. The maximum Gasteiger partial charge on any atom is 0.0925 e. The topological polar surface area (TPSA) is 28.7 Å². The van der Waals surface area contributed by atoms with Crippen LogP contribution in [0.15, 0.2) is 6.33 Å². The van der Waals surface area contributed by atoms with Crippen LogP contribution < -0.4 is 0 Å². The SMILES string of the molecule is CCC1CCc2nc[nH]c2C1.[HH]. The molecule has 1 aromatic heterocycles. The van der Waals surface area contributed by atoms with E-state index in [1.807, 2.05) is 6.33 Å². The lowest BCUT2D eigenvalue weighted by atomic mass is 9.88. The van der Waals surface area contributed by atoms with E-state index in [0.717, 1.165) is 5.92 Å². The molecule has 0 radical (unpaired) electrons. The minimum Gasteiger partial charge on any atom is -0.348 e. The quantitative estimate of drug-likeness (QED) is 0.656. The maximum atomic E-state index is 4.27. The monoisotopic (exact) mass is 152 g/mol. The van der Waals surface area contributed by atoms with E-state index >= 15 is 0 Å². The van der Waals surface area contributed by atoms with Gasteiger partial charge in [-0.1, -0.05) is 13.3 Å². The van der Waals surface area contributed by atoms with Crippen molar-refractivity contribution in [1.82, 2.24) is 9.97 Å². The van der Waals surface area contributed by atoms with Crippen LogP contribution in [0.3, 0.4) is 0 Å². The number of aromatic amines is 1. The number of hydrogen-bond donors (Lipinski definition) is 1. The van der Waals surface area contributed by atoms with Crippen molar-refractivity contribution in [2.75, 3.05) is 0 Å². The van der Waals surface area contributed by atoms with Gasteiger partial charge in [0.15, 0.2) is 0 Å². The van der Waals surface area contributed by atoms with Crippen molar-refractivity contribution in [1.29, 1.82) is 0 Å². The molecule has 0 fully saturated rings. The zero-order valence-electron chi connectivity index (χ0n) is 6.93. The lowest BCUT2D eigenvalue weighted by molar-refractivity contribution is 0.438. The van der Waals surface area contributed by atoms with Crippen LogP contribution >= 0.6 is 0 Å². The smallest absolute Gasteiger partial charge is 0.0925 e. The second-order valence-corrected chi connectivity index (χ2v) is 3.34. The molecule has 1 N–H and O–H groups in total. The van der Waals surface area contributed by atoms with Gasteiger partial charge in [-0.25, -0.2) is 4.98 Å². The summed E-state index contributed by atoms with van der Waals surface area (Å²) in [7, 11) is 0. The van der Waals surface area contributed by atoms with Gasteiger partial charge in [-0.15, -0.1) is 0 Å². The Morgan fingerprint density at radius 2 is 2.73 bits per heavy atom. The van der Waals surface area contributed by atoms with Crippen LogP contribution in [-0.2, 0) is 12.8 Å². The summed E-state index contributed by atoms with van der Waals surface area (Å²) in [5, 5.41) is 0. The van der Waals surface area contributed by atoms with E-state index in [9.17, 15) is 0 Å². The maximum absolute atomic E-state index is 4.27. The molecule has 1 aliphatic carbocycles. The van der Waals surface area contributed by atoms with Crippen LogP contribution in [0.4, 0.5) is 0 Å². The Bertz CT molecular complexity index is 244. The van der Waals surface area contributed by atoms with Gasteiger partial charge in [0, 0.05) is 7.12 Å². The minimum atomic E-state index is 0. The molecule has 1 atom stereocenters. The molecule has 0 aliphatic heterocycles. The van der Waals surface area contributed by atoms with Crippen LogP contribution in [-0.4, -0.2) is 9.97 Å². The van der Waals surface area contributed by atoms with E-state index in [2.05, 4.69) is 16.9 Å². The molecule has 0 saturated carbocycles. The predicted octanol–water partition coefficient (Wildman–Crippen LogP) is 2.17. The standard InChI is InChI=1S/C9H14N2.H2/c1-2-7-3-4-8-9(5-7)11-6-10-8;/h6-7H,2-5H2,1H3,(H,10,11);1H. The van der Waals surface area contributed by atoms with Gasteiger partial charge >= 0.3 is 0 Å². The van der Waals surface area contributed by atoms with Crippen LogP contribution in [0.1, 0.15) is 32.6 Å². The van der Waals surface area contributed by atoms with Crippen molar-refractivity contribution < 1.29 is 1.43 Å². The molecular weight excluding hydrogens is 136 g/mol. The molecule has 0 aromatic carbocycles. The molecule has 0 saturated heterocycles. The first-order valence-corrected chi connectivity index (χ1v) is 4.41. The normalized spacial score (nSPS) is 23.2. The fraction of sp³-hybridized carbons (Fsp3) is 0.667. The van der Waals surface area contributed by atoms with Gasteiger partial charge in [-0.05, 0) is 25.2 Å². The number of rotatable bonds is 1. The van der Waals surface area contributed by atoms with Crippen molar-refractivity contribution in [3.63, 3.8) is 0 Å². The van der Waals surface area contributed by atoms with Crippen molar-refractivity contribution in [3.05, 3.63) is 17.7 Å². The summed E-state index contributed by atoms with van der Waals surface area (Å²) in [6, 6.07) is 0. The Balaban J connectivity index is 0.000000720. The molecule has 2 nitrogen and oxygen atoms in total. The summed E-state index contributed by atoms with van der Waals surface area (Å²) < 4.78 is 0.